The fourth-order valence-corrected chi connectivity index (χ4v) is 4.48. The molecule has 2 aromatic heterocycles. The molecule has 0 amide bonds. The average Bonchev–Trinajstić information content (AvgIpc) is 3.66. The number of benzene rings is 1. The molecule has 3 aromatic rings. The molecule has 11 heteroatoms. The lowest BCUT2D eigenvalue weighted by Gasteiger charge is -2.19. The zero-order valence-corrected chi connectivity index (χ0v) is 20.0. The number of hydrogen-bond acceptors (Lipinski definition) is 8. The number of aromatic nitrogens is 2. The van der Waals surface area contributed by atoms with E-state index in [0.29, 0.717) is 24.4 Å². The van der Waals surface area contributed by atoms with Crippen LogP contribution in [0.4, 0.5) is 10.2 Å². The first-order valence-electron chi connectivity index (χ1n) is 11.7. The van der Waals surface area contributed by atoms with Gasteiger partial charge in [0, 0.05) is 37.5 Å². The number of oxime groups is 1. The standard InChI is InChI=1S/C26H23FN6O4/c1-37-31-22-14-32(12-17(22)11-29-10-16-4-2-15(9-28)3-5-16)25-21(27)8-19-23(34)20(26(35)36)13-33(18-6-7-18)24(19)30-25/h2-5,8,10,13,17-18H,6-7,11-12,14H2,1H3,(H,35,36)/b29-10?,31-22-. The number of carboxylic acids is 1. The topological polar surface area (TPSA) is 133 Å². The number of carboxylic acid groups (broad SMARTS) is 1. The highest BCUT2D eigenvalue weighted by molar-refractivity contribution is 5.95. The van der Waals surface area contributed by atoms with E-state index >= 15 is 4.39 Å². The molecule has 3 heterocycles. The molecule has 0 radical (unpaired) electrons. The van der Waals surface area contributed by atoms with Crippen LogP contribution in [-0.4, -0.2) is 59.3 Å². The van der Waals surface area contributed by atoms with Crippen molar-refractivity contribution < 1.29 is 19.1 Å². The summed E-state index contributed by atoms with van der Waals surface area (Å²) in [6.45, 7) is 1.02. The second-order valence-corrected chi connectivity index (χ2v) is 9.05. The first-order chi connectivity index (χ1) is 17.9. The fourth-order valence-electron chi connectivity index (χ4n) is 4.48. The van der Waals surface area contributed by atoms with Gasteiger partial charge in [0.05, 0.1) is 29.3 Å². The molecule has 1 aliphatic carbocycles. The summed E-state index contributed by atoms with van der Waals surface area (Å²) in [4.78, 5) is 40.1. The minimum absolute atomic E-state index is 0.0283. The van der Waals surface area contributed by atoms with Crippen molar-refractivity contribution in [3.63, 3.8) is 0 Å². The van der Waals surface area contributed by atoms with Crippen molar-refractivity contribution in [2.45, 2.75) is 18.9 Å². The maximum absolute atomic E-state index is 15.3. The number of carbonyl (C=O) groups is 1. The Bertz CT molecular complexity index is 1540. The van der Waals surface area contributed by atoms with Gasteiger partial charge in [0.1, 0.15) is 18.3 Å². The molecule has 5 rings (SSSR count). The van der Waals surface area contributed by atoms with E-state index in [1.807, 2.05) is 0 Å². The van der Waals surface area contributed by atoms with Gasteiger partial charge < -0.3 is 19.4 Å². The van der Waals surface area contributed by atoms with Gasteiger partial charge in [-0.2, -0.15) is 5.26 Å². The minimum atomic E-state index is -1.35. The van der Waals surface area contributed by atoms with Gasteiger partial charge in [0.15, 0.2) is 11.6 Å². The number of anilines is 1. The Balaban J connectivity index is 1.44. The summed E-state index contributed by atoms with van der Waals surface area (Å²) in [6.07, 6.45) is 4.68. The Morgan fingerprint density at radius 3 is 2.76 bits per heavy atom. The van der Waals surface area contributed by atoms with Gasteiger partial charge in [0.2, 0.25) is 5.43 Å². The zero-order chi connectivity index (χ0) is 26.1. The van der Waals surface area contributed by atoms with Crippen molar-refractivity contribution in [1.29, 1.82) is 5.26 Å². The maximum atomic E-state index is 15.3. The molecule has 1 atom stereocenters. The van der Waals surface area contributed by atoms with E-state index in [9.17, 15) is 14.7 Å². The Hall–Kier alpha value is -4.59. The first-order valence-corrected chi connectivity index (χ1v) is 11.7. The van der Waals surface area contributed by atoms with Crippen LogP contribution in [0.2, 0.25) is 0 Å². The van der Waals surface area contributed by atoms with E-state index < -0.39 is 22.8 Å². The third-order valence-electron chi connectivity index (χ3n) is 6.49. The molecule has 1 saturated heterocycles. The van der Waals surface area contributed by atoms with Crippen LogP contribution in [0.15, 0.2) is 51.5 Å². The molecule has 1 aromatic carbocycles. The lowest BCUT2D eigenvalue weighted by Crippen LogP contribution is -2.25. The number of rotatable bonds is 7. The lowest BCUT2D eigenvalue weighted by atomic mass is 10.1. The average molecular weight is 503 g/mol. The van der Waals surface area contributed by atoms with Gasteiger partial charge in [-0.25, -0.2) is 14.2 Å². The molecule has 1 unspecified atom stereocenters. The summed E-state index contributed by atoms with van der Waals surface area (Å²) in [5.74, 6) is -2.17. The van der Waals surface area contributed by atoms with Crippen LogP contribution in [0.25, 0.3) is 11.0 Å². The molecule has 37 heavy (non-hydrogen) atoms. The molecular formula is C26H23FN6O4. The third-order valence-corrected chi connectivity index (χ3v) is 6.49. The third kappa shape index (κ3) is 4.78. The highest BCUT2D eigenvalue weighted by Gasteiger charge is 2.33. The Morgan fingerprint density at radius 1 is 1.35 bits per heavy atom. The van der Waals surface area contributed by atoms with Crippen LogP contribution >= 0.6 is 0 Å². The van der Waals surface area contributed by atoms with Gasteiger partial charge in [0.25, 0.3) is 0 Å². The van der Waals surface area contributed by atoms with Crippen molar-refractivity contribution in [1.82, 2.24) is 9.55 Å². The maximum Gasteiger partial charge on any atom is 0.341 e. The minimum Gasteiger partial charge on any atom is -0.477 e. The number of hydrogen-bond donors (Lipinski definition) is 1. The van der Waals surface area contributed by atoms with E-state index in [4.69, 9.17) is 10.1 Å². The Labute approximate surface area is 210 Å². The van der Waals surface area contributed by atoms with Crippen LogP contribution in [0.1, 0.15) is 40.4 Å². The summed E-state index contributed by atoms with van der Waals surface area (Å²) >= 11 is 0. The smallest absolute Gasteiger partial charge is 0.341 e. The van der Waals surface area contributed by atoms with Gasteiger partial charge in [-0.05, 0) is 36.6 Å². The predicted molar refractivity (Wildman–Crippen MR) is 135 cm³/mol. The Kier molecular flexibility index (Phi) is 6.40. The molecule has 1 aliphatic heterocycles. The molecule has 2 fully saturated rings. The van der Waals surface area contributed by atoms with E-state index in [-0.39, 0.29) is 35.4 Å². The molecular weight excluding hydrogens is 479 g/mol. The van der Waals surface area contributed by atoms with E-state index in [2.05, 4.69) is 21.2 Å². The highest BCUT2D eigenvalue weighted by Crippen LogP contribution is 2.37. The normalized spacial score (nSPS) is 18.6. The Morgan fingerprint density at radius 2 is 2.11 bits per heavy atom. The second-order valence-electron chi connectivity index (χ2n) is 9.05. The highest BCUT2D eigenvalue weighted by atomic mass is 19.1. The van der Waals surface area contributed by atoms with Crippen LogP contribution < -0.4 is 10.3 Å². The SMILES string of the molecule is CO/N=C1/CN(c2nc3c(cc2F)c(=O)c(C(=O)O)cn3C2CC2)CC1CN=Cc1ccc(C#N)cc1. The molecule has 1 N–H and O–H groups in total. The zero-order valence-electron chi connectivity index (χ0n) is 20.0. The summed E-state index contributed by atoms with van der Waals surface area (Å²) in [5, 5.41) is 22.4. The van der Waals surface area contributed by atoms with Crippen molar-refractivity contribution in [2.75, 3.05) is 31.6 Å². The van der Waals surface area contributed by atoms with Crippen LogP contribution in [0.3, 0.4) is 0 Å². The monoisotopic (exact) mass is 502 g/mol. The summed E-state index contributed by atoms with van der Waals surface area (Å²) in [7, 11) is 1.44. The van der Waals surface area contributed by atoms with Crippen LogP contribution in [-0.2, 0) is 4.84 Å². The molecule has 2 aliphatic rings. The predicted octanol–water partition coefficient (Wildman–Crippen LogP) is 3.00. The lowest BCUT2D eigenvalue weighted by molar-refractivity contribution is 0.0695. The number of pyridine rings is 2. The fraction of sp³-hybridized carbons (Fsp3) is 0.308. The largest absolute Gasteiger partial charge is 0.477 e. The van der Waals surface area contributed by atoms with Gasteiger partial charge in [-0.1, -0.05) is 17.3 Å². The summed E-state index contributed by atoms with van der Waals surface area (Å²) in [6, 6.07) is 10.2. The molecule has 10 nitrogen and oxygen atoms in total. The van der Waals surface area contributed by atoms with Crippen LogP contribution in [0, 0.1) is 23.1 Å². The van der Waals surface area contributed by atoms with Crippen molar-refractivity contribution in [3.8, 4) is 6.07 Å². The molecule has 0 bridgehead atoms. The molecule has 0 spiro atoms. The van der Waals surface area contributed by atoms with Crippen LogP contribution in [0.5, 0.6) is 0 Å². The molecule has 188 valence electrons. The molecule has 1 saturated carbocycles. The number of nitriles is 1. The van der Waals surface area contributed by atoms with E-state index in [1.54, 1.807) is 39.9 Å². The van der Waals surface area contributed by atoms with E-state index in [1.165, 1.54) is 13.3 Å². The number of halogens is 1. The van der Waals surface area contributed by atoms with Crippen molar-refractivity contribution >= 4 is 34.7 Å². The number of fused-ring (bicyclic) bond motifs is 1. The van der Waals surface area contributed by atoms with E-state index in [0.717, 1.165) is 24.5 Å². The first kappa shape index (κ1) is 24.1. The van der Waals surface area contributed by atoms with Gasteiger partial charge in [-0.3, -0.25) is 9.79 Å². The van der Waals surface area contributed by atoms with Gasteiger partial charge >= 0.3 is 5.97 Å². The number of aromatic carboxylic acids is 1. The quantitative estimate of drug-likeness (QED) is 0.388. The van der Waals surface area contributed by atoms with Gasteiger partial charge in [-0.15, -0.1) is 0 Å². The second kappa shape index (κ2) is 9.81. The number of nitrogens with zero attached hydrogens (tertiary/aromatic N) is 6. The summed E-state index contributed by atoms with van der Waals surface area (Å²) in [5.41, 5.74) is 1.21. The van der Waals surface area contributed by atoms with Crippen molar-refractivity contribution in [3.05, 3.63) is 69.3 Å². The summed E-state index contributed by atoms with van der Waals surface area (Å²) < 4.78 is 17.0. The number of aliphatic imine (C=N–C) groups is 1. The van der Waals surface area contributed by atoms with Crippen molar-refractivity contribution in [2.24, 2.45) is 16.1 Å².